The van der Waals surface area contributed by atoms with Gasteiger partial charge in [0.2, 0.25) is 30.7 Å². The third-order valence-electron chi connectivity index (χ3n) is 11.1. The molecular formula is C47H41Cl5F6N6O7S2. The number of halogens is 11. The second kappa shape index (κ2) is 24.2. The van der Waals surface area contributed by atoms with Crippen molar-refractivity contribution in [3.63, 3.8) is 0 Å². The van der Waals surface area contributed by atoms with Gasteiger partial charge in [0.25, 0.3) is 11.1 Å². The van der Waals surface area contributed by atoms with Gasteiger partial charge in [0.05, 0.1) is 37.5 Å². The summed E-state index contributed by atoms with van der Waals surface area (Å²) < 4.78 is 99.1. The molecule has 73 heavy (non-hydrogen) atoms. The Bertz CT molecular complexity index is 2840. The second-order valence-corrected chi connectivity index (χ2v) is 20.3. The van der Waals surface area contributed by atoms with E-state index in [2.05, 4.69) is 29.7 Å². The van der Waals surface area contributed by atoms with Crippen molar-refractivity contribution >= 4 is 123 Å². The number of amides is 2. The van der Waals surface area contributed by atoms with Crippen molar-refractivity contribution < 1.29 is 59.9 Å². The zero-order chi connectivity index (χ0) is 53.5. The van der Waals surface area contributed by atoms with Crippen LogP contribution in [0.25, 0.3) is 0 Å². The predicted molar refractivity (Wildman–Crippen MR) is 272 cm³/mol. The SMILES string of the molecule is CCOC1=NOC(NC(=O)c2ccc(C3=NS[C@](c4cc(Cl)cc(Cl)c4)(C(F)(F)F)C3)cc2C)C1.CCOC1=NOC(NC=O)C1.Cc1cc(C2=NS[C@](c3cc(Cl)cc(Cl)c3)(C(F)(F)F)C2)ccc1C(=O)Cl. The average Bonchev–Trinajstić information content (AvgIpc) is 4.14. The normalized spacial score (nSPS) is 21.1. The number of rotatable bonds is 11. The quantitative estimate of drug-likeness (QED) is 0.0644. The van der Waals surface area contributed by atoms with Crippen LogP contribution in [-0.4, -0.2) is 78.8 Å². The third kappa shape index (κ3) is 13.7. The number of hydrogen-bond acceptors (Lipinski definition) is 13. The molecule has 8 rings (SSSR count). The Hall–Kier alpha value is -4.90. The molecule has 0 aliphatic carbocycles. The van der Waals surface area contributed by atoms with Gasteiger partial charge in [0.1, 0.15) is 0 Å². The summed E-state index contributed by atoms with van der Waals surface area (Å²) in [5, 5.41) is 12.4. The van der Waals surface area contributed by atoms with Crippen LogP contribution >= 0.6 is 81.9 Å². The van der Waals surface area contributed by atoms with E-state index in [-0.39, 0.29) is 55.3 Å². The van der Waals surface area contributed by atoms with Gasteiger partial charge in [0.15, 0.2) is 9.49 Å². The molecule has 0 saturated carbocycles. The summed E-state index contributed by atoms with van der Waals surface area (Å²) in [6.07, 6.45) is -9.61. The molecule has 2 amide bonds. The van der Waals surface area contributed by atoms with Gasteiger partial charge in [-0.1, -0.05) is 58.5 Å². The molecule has 4 aliphatic rings. The molecule has 2 unspecified atom stereocenters. The van der Waals surface area contributed by atoms with Crippen molar-refractivity contribution in [2.24, 2.45) is 19.1 Å². The van der Waals surface area contributed by atoms with E-state index in [0.717, 1.165) is 0 Å². The van der Waals surface area contributed by atoms with Crippen molar-refractivity contribution in [1.82, 2.24) is 10.6 Å². The molecule has 0 fully saturated rings. The topological polar surface area (TPSA) is 162 Å². The Morgan fingerprint density at radius 2 is 1.10 bits per heavy atom. The van der Waals surface area contributed by atoms with Crippen LogP contribution in [0.3, 0.4) is 0 Å². The molecule has 390 valence electrons. The van der Waals surface area contributed by atoms with Crippen molar-refractivity contribution in [2.45, 2.75) is 87.7 Å². The summed E-state index contributed by atoms with van der Waals surface area (Å²) in [6.45, 7) is 8.04. The maximum absolute atomic E-state index is 14.3. The number of aryl methyl sites for hydroxylation is 2. The Kier molecular flexibility index (Phi) is 19.0. The molecule has 0 bridgehead atoms. The Balaban J connectivity index is 0.000000201. The lowest BCUT2D eigenvalue weighted by molar-refractivity contribution is -0.160. The third-order valence-corrected chi connectivity index (χ3v) is 14.6. The van der Waals surface area contributed by atoms with E-state index in [1.807, 2.05) is 13.8 Å². The summed E-state index contributed by atoms with van der Waals surface area (Å²) in [5.41, 5.74) is 3.20. The molecule has 26 heteroatoms. The van der Waals surface area contributed by atoms with Crippen LogP contribution in [0.2, 0.25) is 20.1 Å². The van der Waals surface area contributed by atoms with Gasteiger partial charge in [-0.05, 0) is 168 Å². The van der Waals surface area contributed by atoms with Crippen LogP contribution in [0.5, 0.6) is 0 Å². The monoisotopic (exact) mass is 1150 g/mol. The number of hydrogen-bond donors (Lipinski definition) is 2. The predicted octanol–water partition coefficient (Wildman–Crippen LogP) is 13.2. The van der Waals surface area contributed by atoms with Gasteiger partial charge < -0.3 is 29.8 Å². The van der Waals surface area contributed by atoms with E-state index < -0.39 is 45.6 Å². The second-order valence-electron chi connectivity index (χ2n) is 16.1. The molecule has 0 aromatic heterocycles. The molecule has 4 atom stereocenters. The fourth-order valence-corrected chi connectivity index (χ4v) is 10.7. The molecule has 0 spiro atoms. The van der Waals surface area contributed by atoms with E-state index >= 15 is 0 Å². The highest BCUT2D eigenvalue weighted by Crippen LogP contribution is 2.58. The van der Waals surface area contributed by atoms with Crippen LogP contribution in [0.1, 0.15) is 93.6 Å². The Morgan fingerprint density at radius 3 is 1.48 bits per heavy atom. The number of nitrogens with zero attached hydrogens (tertiary/aromatic N) is 4. The summed E-state index contributed by atoms with van der Waals surface area (Å²) >= 11 is 30.2. The maximum Gasteiger partial charge on any atom is 0.409 e. The largest absolute Gasteiger partial charge is 0.479 e. The van der Waals surface area contributed by atoms with E-state index in [0.29, 0.717) is 102 Å². The molecule has 2 N–H and O–H groups in total. The first-order valence-corrected chi connectivity index (χ1v) is 25.1. The summed E-state index contributed by atoms with van der Waals surface area (Å²) in [7, 11) is 0. The van der Waals surface area contributed by atoms with Crippen LogP contribution in [-0.2, 0) is 33.4 Å². The fourth-order valence-electron chi connectivity index (χ4n) is 7.53. The zero-order valence-electron chi connectivity index (χ0n) is 38.5. The molecule has 4 heterocycles. The fraction of sp³-hybridized carbons (Fsp3) is 0.340. The van der Waals surface area contributed by atoms with E-state index in [1.165, 1.54) is 42.5 Å². The smallest absolute Gasteiger partial charge is 0.409 e. The first kappa shape index (κ1) is 57.4. The molecular weight excluding hydrogens is 1120 g/mol. The summed E-state index contributed by atoms with van der Waals surface area (Å²) in [6, 6.07) is 17.2. The van der Waals surface area contributed by atoms with Crippen LogP contribution in [0, 0.1) is 13.8 Å². The minimum absolute atomic E-state index is 0.0551. The number of carbonyl (C=O) groups excluding carboxylic acids is 3. The number of carbonyl (C=O) groups is 3. The molecule has 0 radical (unpaired) electrons. The van der Waals surface area contributed by atoms with E-state index in [1.54, 1.807) is 44.2 Å². The van der Waals surface area contributed by atoms with Gasteiger partial charge in [-0.2, -0.15) is 26.3 Å². The molecule has 4 aromatic rings. The highest BCUT2D eigenvalue weighted by Gasteiger charge is 2.61. The first-order chi connectivity index (χ1) is 34.4. The van der Waals surface area contributed by atoms with Crippen molar-refractivity contribution in [3.8, 4) is 0 Å². The average molecular weight is 1160 g/mol. The molecule has 4 aliphatic heterocycles. The van der Waals surface area contributed by atoms with Gasteiger partial charge in [-0.3, -0.25) is 14.4 Å². The number of alkyl halides is 6. The van der Waals surface area contributed by atoms with Gasteiger partial charge in [-0.15, -0.1) is 0 Å². The van der Waals surface area contributed by atoms with E-state index in [9.17, 15) is 40.7 Å². The van der Waals surface area contributed by atoms with E-state index in [4.69, 9.17) is 77.2 Å². The summed E-state index contributed by atoms with van der Waals surface area (Å²) in [4.78, 5) is 43.9. The summed E-state index contributed by atoms with van der Waals surface area (Å²) in [5.74, 6) is 0.538. The van der Waals surface area contributed by atoms with Crippen LogP contribution in [0.4, 0.5) is 26.3 Å². The van der Waals surface area contributed by atoms with Gasteiger partial charge in [-0.25, -0.2) is 8.80 Å². The standard InChI is InChI=1S/C23H20Cl2F3N3O3S.C18H11Cl3F3NOS.C6H10N2O3/c1-3-33-20-10-19(34-30-20)29-21(32)17-5-4-13(6-12(17)2)18-11-22(35-31-18,23(26,27)28)14-7-15(24)9-16(25)8-14;1-9-4-10(2-3-14(9)16(21)26)15-8-17(27-25-15,18(22,23)24)11-5-12(19)7-13(20)6-11;1-2-10-6-3-5(7-4-9)11-8-6/h4-9,19H,3,10-11H2,1-2H3,(H,29,32);2-7H,8H2,1H3;4-5H,2-3H2,1H3,(H,7,9)/t19?,22-;17-;/m11./s1. The maximum atomic E-state index is 14.3. The lowest BCUT2D eigenvalue weighted by Crippen LogP contribution is -2.38. The van der Waals surface area contributed by atoms with Crippen molar-refractivity contribution in [3.05, 3.63) is 137 Å². The number of nitrogens with one attached hydrogen (secondary N) is 2. The van der Waals surface area contributed by atoms with Crippen LogP contribution < -0.4 is 10.6 Å². The molecule has 4 aromatic carbocycles. The van der Waals surface area contributed by atoms with Crippen molar-refractivity contribution in [1.29, 1.82) is 0 Å². The van der Waals surface area contributed by atoms with Crippen LogP contribution in [0.15, 0.2) is 91.9 Å². The highest BCUT2D eigenvalue weighted by molar-refractivity contribution is 7.99. The van der Waals surface area contributed by atoms with Gasteiger partial charge >= 0.3 is 12.4 Å². The Labute approximate surface area is 448 Å². The number of benzene rings is 4. The minimum atomic E-state index is -4.62. The minimum Gasteiger partial charge on any atom is -0.479 e. The van der Waals surface area contributed by atoms with Crippen molar-refractivity contribution in [2.75, 3.05) is 13.2 Å². The highest BCUT2D eigenvalue weighted by atomic mass is 35.5. The zero-order valence-corrected chi connectivity index (χ0v) is 43.9. The Morgan fingerprint density at radius 1 is 0.685 bits per heavy atom. The lowest BCUT2D eigenvalue weighted by Gasteiger charge is -2.30. The number of oxime groups is 2. The lowest BCUT2D eigenvalue weighted by atomic mass is 9.89. The number of ether oxygens (including phenoxy) is 2. The molecule has 13 nitrogen and oxygen atoms in total. The first-order valence-electron chi connectivity index (χ1n) is 21.6. The molecule has 0 saturated heterocycles. The van der Waals surface area contributed by atoms with Gasteiger partial charge in [0, 0.05) is 44.1 Å².